The summed E-state index contributed by atoms with van der Waals surface area (Å²) in [6.07, 6.45) is 2.80. The van der Waals surface area contributed by atoms with E-state index in [1.54, 1.807) is 0 Å². The molecule has 7 nitrogen and oxygen atoms in total. The molecule has 0 amide bonds. The summed E-state index contributed by atoms with van der Waals surface area (Å²) in [6.45, 7) is 1.11. The Labute approximate surface area is 116 Å². The summed E-state index contributed by atoms with van der Waals surface area (Å²) in [5.74, 6) is -1.74. The van der Waals surface area contributed by atoms with E-state index < -0.39 is 27.3 Å². The standard InChI is InChI=1S/C12H17NO6S/c1-8-10(6-9(19-8)11(15)16)20(17,18)13-12(7-14)4-2-3-5-12/h6,13-14H,2-5,7H2,1H3,(H,15,16). The van der Waals surface area contributed by atoms with Crippen LogP contribution in [0, 0.1) is 6.92 Å². The van der Waals surface area contributed by atoms with E-state index in [2.05, 4.69) is 4.72 Å². The number of sulfonamides is 1. The smallest absolute Gasteiger partial charge is 0.371 e. The largest absolute Gasteiger partial charge is 0.475 e. The lowest BCUT2D eigenvalue weighted by Gasteiger charge is -2.27. The zero-order chi connectivity index (χ0) is 15.0. The van der Waals surface area contributed by atoms with Crippen molar-refractivity contribution in [3.05, 3.63) is 17.6 Å². The summed E-state index contributed by atoms with van der Waals surface area (Å²) in [6, 6.07) is 0.986. The van der Waals surface area contributed by atoms with Crippen molar-refractivity contribution in [3.63, 3.8) is 0 Å². The summed E-state index contributed by atoms with van der Waals surface area (Å²) < 4.78 is 32.1. The van der Waals surface area contributed by atoms with Crippen LogP contribution in [0.2, 0.25) is 0 Å². The van der Waals surface area contributed by atoms with Crippen LogP contribution in [0.15, 0.2) is 15.4 Å². The molecule has 1 aromatic rings. The fraction of sp³-hybridized carbons (Fsp3) is 0.583. The number of aliphatic hydroxyl groups excluding tert-OH is 1. The Kier molecular flexibility index (Phi) is 3.90. The molecule has 0 aliphatic heterocycles. The number of nitrogens with one attached hydrogen (secondary N) is 1. The van der Waals surface area contributed by atoms with Gasteiger partial charge in [0.1, 0.15) is 10.7 Å². The minimum absolute atomic E-state index is 0.0148. The number of carbonyl (C=O) groups is 1. The van der Waals surface area contributed by atoms with Crippen LogP contribution in [0.5, 0.6) is 0 Å². The van der Waals surface area contributed by atoms with Crippen LogP contribution in [-0.2, 0) is 10.0 Å². The Morgan fingerprint density at radius 1 is 1.45 bits per heavy atom. The third kappa shape index (κ3) is 2.72. The molecule has 1 fully saturated rings. The van der Waals surface area contributed by atoms with Crippen LogP contribution >= 0.6 is 0 Å². The van der Waals surface area contributed by atoms with Gasteiger partial charge in [-0.25, -0.2) is 17.9 Å². The minimum Gasteiger partial charge on any atom is -0.475 e. The van der Waals surface area contributed by atoms with Gasteiger partial charge >= 0.3 is 5.97 Å². The van der Waals surface area contributed by atoms with Gasteiger partial charge in [-0.2, -0.15) is 0 Å². The van der Waals surface area contributed by atoms with Gasteiger partial charge in [0.2, 0.25) is 15.8 Å². The van der Waals surface area contributed by atoms with Crippen LogP contribution in [-0.4, -0.2) is 36.7 Å². The highest BCUT2D eigenvalue weighted by molar-refractivity contribution is 7.89. The number of hydrogen-bond donors (Lipinski definition) is 3. The maximum atomic E-state index is 12.3. The second kappa shape index (κ2) is 5.19. The maximum absolute atomic E-state index is 12.3. The highest BCUT2D eigenvalue weighted by Crippen LogP contribution is 2.31. The van der Waals surface area contributed by atoms with E-state index in [4.69, 9.17) is 9.52 Å². The monoisotopic (exact) mass is 303 g/mol. The van der Waals surface area contributed by atoms with Crippen LogP contribution in [0.25, 0.3) is 0 Å². The van der Waals surface area contributed by atoms with Gasteiger partial charge in [0.15, 0.2) is 0 Å². The molecule has 0 aromatic carbocycles. The number of carboxylic acids is 1. The number of furan rings is 1. The predicted octanol–water partition coefficient (Wildman–Crippen LogP) is 0.870. The molecule has 0 spiro atoms. The van der Waals surface area contributed by atoms with Crippen molar-refractivity contribution in [1.29, 1.82) is 0 Å². The lowest BCUT2D eigenvalue weighted by atomic mass is 10.0. The third-order valence-corrected chi connectivity index (χ3v) is 5.27. The fourth-order valence-electron chi connectivity index (χ4n) is 2.52. The Balaban J connectivity index is 2.33. The van der Waals surface area contributed by atoms with Gasteiger partial charge in [-0.05, 0) is 19.8 Å². The van der Waals surface area contributed by atoms with Crippen LogP contribution in [0.1, 0.15) is 42.0 Å². The summed E-state index contributed by atoms with van der Waals surface area (Å²) in [7, 11) is -3.92. The zero-order valence-corrected chi connectivity index (χ0v) is 11.9. The van der Waals surface area contributed by atoms with Gasteiger partial charge in [-0.15, -0.1) is 0 Å². The topological polar surface area (TPSA) is 117 Å². The highest BCUT2D eigenvalue weighted by Gasteiger charge is 2.38. The molecular formula is C12H17NO6S. The molecule has 1 aliphatic rings. The zero-order valence-electron chi connectivity index (χ0n) is 11.0. The van der Waals surface area contributed by atoms with Gasteiger partial charge in [0, 0.05) is 6.07 Å². The van der Waals surface area contributed by atoms with Crippen LogP contribution in [0.3, 0.4) is 0 Å². The predicted molar refractivity (Wildman–Crippen MR) is 69.0 cm³/mol. The molecule has 112 valence electrons. The third-order valence-electron chi connectivity index (χ3n) is 3.59. The number of rotatable bonds is 5. The van der Waals surface area contributed by atoms with Gasteiger partial charge in [-0.1, -0.05) is 12.8 Å². The number of carboxylic acid groups (broad SMARTS) is 1. The molecule has 1 aliphatic carbocycles. The first-order valence-electron chi connectivity index (χ1n) is 6.28. The van der Waals surface area contributed by atoms with Crippen molar-refractivity contribution < 1.29 is 27.8 Å². The van der Waals surface area contributed by atoms with Gasteiger partial charge in [-0.3, -0.25) is 0 Å². The van der Waals surface area contributed by atoms with Crippen molar-refractivity contribution in [3.8, 4) is 0 Å². The normalized spacial score (nSPS) is 18.3. The lowest BCUT2D eigenvalue weighted by molar-refractivity contribution is 0.0661. The average molecular weight is 303 g/mol. The second-order valence-electron chi connectivity index (χ2n) is 5.09. The summed E-state index contributed by atoms with van der Waals surface area (Å²) in [5, 5.41) is 18.3. The Morgan fingerprint density at radius 2 is 2.05 bits per heavy atom. The molecular weight excluding hydrogens is 286 g/mol. The van der Waals surface area contributed by atoms with Gasteiger partial charge in [0.05, 0.1) is 12.1 Å². The molecule has 0 unspecified atom stereocenters. The van der Waals surface area contributed by atoms with E-state index in [0.717, 1.165) is 18.9 Å². The molecule has 1 aromatic heterocycles. The summed E-state index contributed by atoms with van der Waals surface area (Å²) >= 11 is 0. The molecule has 3 N–H and O–H groups in total. The molecule has 8 heteroatoms. The van der Waals surface area contributed by atoms with Crippen molar-refractivity contribution >= 4 is 16.0 Å². The molecule has 0 bridgehead atoms. The molecule has 20 heavy (non-hydrogen) atoms. The van der Waals surface area contributed by atoms with E-state index in [1.165, 1.54) is 6.92 Å². The minimum atomic E-state index is -3.92. The van der Waals surface area contributed by atoms with Crippen molar-refractivity contribution in [1.82, 2.24) is 4.72 Å². The quantitative estimate of drug-likeness (QED) is 0.743. The number of hydrogen-bond acceptors (Lipinski definition) is 5. The van der Waals surface area contributed by atoms with E-state index in [-0.39, 0.29) is 17.3 Å². The number of aryl methyl sites for hydroxylation is 1. The first-order chi connectivity index (χ1) is 9.30. The summed E-state index contributed by atoms with van der Waals surface area (Å²) in [5.41, 5.74) is -0.855. The lowest BCUT2D eigenvalue weighted by Crippen LogP contribution is -2.49. The summed E-state index contributed by atoms with van der Waals surface area (Å²) in [4.78, 5) is 10.6. The number of aromatic carboxylic acids is 1. The fourth-order valence-corrected chi connectivity index (χ4v) is 4.15. The molecule has 0 radical (unpaired) electrons. The number of aliphatic hydroxyl groups is 1. The molecule has 1 heterocycles. The van der Waals surface area contributed by atoms with E-state index >= 15 is 0 Å². The Bertz CT molecular complexity index is 612. The first kappa shape index (κ1) is 15.0. The maximum Gasteiger partial charge on any atom is 0.371 e. The van der Waals surface area contributed by atoms with E-state index in [1.807, 2.05) is 0 Å². The van der Waals surface area contributed by atoms with Gasteiger partial charge < -0.3 is 14.6 Å². The Morgan fingerprint density at radius 3 is 2.50 bits per heavy atom. The Hall–Kier alpha value is -1.38. The van der Waals surface area contributed by atoms with Crippen molar-refractivity contribution in [2.45, 2.75) is 43.0 Å². The van der Waals surface area contributed by atoms with Crippen LogP contribution in [0.4, 0.5) is 0 Å². The van der Waals surface area contributed by atoms with Gasteiger partial charge in [0.25, 0.3) is 0 Å². The van der Waals surface area contributed by atoms with Crippen molar-refractivity contribution in [2.75, 3.05) is 6.61 Å². The van der Waals surface area contributed by atoms with E-state index in [9.17, 15) is 18.3 Å². The first-order valence-corrected chi connectivity index (χ1v) is 7.76. The second-order valence-corrected chi connectivity index (χ2v) is 6.74. The van der Waals surface area contributed by atoms with E-state index in [0.29, 0.717) is 12.8 Å². The van der Waals surface area contributed by atoms with Crippen LogP contribution < -0.4 is 4.72 Å². The highest BCUT2D eigenvalue weighted by atomic mass is 32.2. The SMILES string of the molecule is Cc1oc(C(=O)O)cc1S(=O)(=O)NC1(CO)CCCC1. The molecule has 2 rings (SSSR count). The molecule has 0 atom stereocenters. The van der Waals surface area contributed by atoms with Crippen molar-refractivity contribution in [2.24, 2.45) is 0 Å². The average Bonchev–Trinajstić information content (AvgIpc) is 2.96. The molecule has 1 saturated carbocycles. The molecule has 0 saturated heterocycles.